The Labute approximate surface area is 152 Å². The molecule has 6 nitrogen and oxygen atoms in total. The molecule has 25 heavy (non-hydrogen) atoms. The molecule has 1 saturated carbocycles. The third-order valence-corrected chi connectivity index (χ3v) is 4.86. The van der Waals surface area contributed by atoms with E-state index in [0.29, 0.717) is 18.1 Å². The fourth-order valence-electron chi connectivity index (χ4n) is 2.90. The number of nitrogens with zero attached hydrogens (tertiary/aromatic N) is 3. The zero-order valence-electron chi connectivity index (χ0n) is 14.5. The van der Waals surface area contributed by atoms with Crippen molar-refractivity contribution in [1.29, 1.82) is 0 Å². The van der Waals surface area contributed by atoms with E-state index >= 15 is 0 Å². The summed E-state index contributed by atoms with van der Waals surface area (Å²) in [4.78, 5) is 14.1. The Morgan fingerprint density at radius 1 is 1.48 bits per heavy atom. The summed E-state index contributed by atoms with van der Waals surface area (Å²) in [6.07, 6.45) is 5.96. The second-order valence-corrected chi connectivity index (χ2v) is 7.11. The summed E-state index contributed by atoms with van der Waals surface area (Å²) in [5.41, 5.74) is 1.02. The maximum atomic E-state index is 12.4. The van der Waals surface area contributed by atoms with Gasteiger partial charge in [0.05, 0.1) is 13.7 Å². The molecule has 134 valence electrons. The molecule has 0 saturated heterocycles. The molecule has 1 aromatic heterocycles. The molecule has 1 heterocycles. The number of hydrogen-bond acceptors (Lipinski definition) is 3. The average molecular weight is 363 g/mol. The van der Waals surface area contributed by atoms with Gasteiger partial charge in [-0.1, -0.05) is 11.6 Å². The van der Waals surface area contributed by atoms with Crippen LogP contribution in [0, 0.1) is 5.41 Å². The van der Waals surface area contributed by atoms with Gasteiger partial charge in [-0.2, -0.15) is 5.10 Å². The smallest absolute Gasteiger partial charge is 0.317 e. The highest BCUT2D eigenvalue weighted by Gasteiger charge is 2.43. The Bertz CT molecular complexity index is 729. The Kier molecular flexibility index (Phi) is 5.18. The minimum Gasteiger partial charge on any atom is -0.496 e. The molecule has 2 aromatic rings. The SMILES string of the molecule is COc1ccc(Cl)cc1CN(C)C(=O)NCC1(Cn2cccn2)CC1. The molecule has 0 atom stereocenters. The van der Waals surface area contributed by atoms with Crippen LogP contribution >= 0.6 is 11.6 Å². The topological polar surface area (TPSA) is 59.4 Å². The molecule has 1 aliphatic carbocycles. The van der Waals surface area contributed by atoms with E-state index in [2.05, 4.69) is 10.4 Å². The quantitative estimate of drug-likeness (QED) is 0.823. The molecule has 0 aliphatic heterocycles. The Hall–Kier alpha value is -2.21. The van der Waals surface area contributed by atoms with Crippen LogP contribution in [0.5, 0.6) is 5.75 Å². The molecule has 1 N–H and O–H groups in total. The third kappa shape index (κ3) is 4.45. The maximum absolute atomic E-state index is 12.4. The fraction of sp³-hybridized carbons (Fsp3) is 0.444. The van der Waals surface area contributed by atoms with Crippen LogP contribution in [0.1, 0.15) is 18.4 Å². The van der Waals surface area contributed by atoms with E-state index in [1.165, 1.54) is 0 Å². The number of urea groups is 1. The van der Waals surface area contributed by atoms with Crippen LogP contribution in [-0.2, 0) is 13.1 Å². The normalized spacial score (nSPS) is 14.8. The number of aromatic nitrogens is 2. The highest BCUT2D eigenvalue weighted by molar-refractivity contribution is 6.30. The monoisotopic (exact) mass is 362 g/mol. The zero-order chi connectivity index (χ0) is 17.9. The molecular formula is C18H23ClN4O2. The number of rotatable bonds is 7. The molecule has 1 aliphatic rings. The second-order valence-electron chi connectivity index (χ2n) is 6.67. The lowest BCUT2D eigenvalue weighted by atomic mass is 10.1. The largest absolute Gasteiger partial charge is 0.496 e. The van der Waals surface area contributed by atoms with Gasteiger partial charge < -0.3 is 15.0 Å². The van der Waals surface area contributed by atoms with E-state index in [0.717, 1.165) is 30.7 Å². The van der Waals surface area contributed by atoms with Crippen molar-refractivity contribution < 1.29 is 9.53 Å². The van der Waals surface area contributed by atoms with E-state index in [4.69, 9.17) is 16.3 Å². The van der Waals surface area contributed by atoms with Crippen LogP contribution in [0.25, 0.3) is 0 Å². The highest BCUT2D eigenvalue weighted by atomic mass is 35.5. The Morgan fingerprint density at radius 3 is 2.92 bits per heavy atom. The van der Waals surface area contributed by atoms with Gasteiger partial charge in [0, 0.05) is 48.5 Å². The summed E-state index contributed by atoms with van der Waals surface area (Å²) >= 11 is 6.05. The van der Waals surface area contributed by atoms with Crippen molar-refractivity contribution in [2.24, 2.45) is 5.41 Å². The number of carbonyl (C=O) groups is 1. The third-order valence-electron chi connectivity index (χ3n) is 4.62. The lowest BCUT2D eigenvalue weighted by Crippen LogP contribution is -2.40. The lowest BCUT2D eigenvalue weighted by molar-refractivity contribution is 0.202. The minimum atomic E-state index is -0.103. The first-order valence-electron chi connectivity index (χ1n) is 8.30. The van der Waals surface area contributed by atoms with E-state index in [1.807, 2.05) is 29.1 Å². The zero-order valence-corrected chi connectivity index (χ0v) is 15.3. The number of halogens is 1. The minimum absolute atomic E-state index is 0.103. The van der Waals surface area contributed by atoms with Crippen LogP contribution in [0.3, 0.4) is 0 Å². The van der Waals surface area contributed by atoms with Gasteiger partial charge in [0.2, 0.25) is 0 Å². The van der Waals surface area contributed by atoms with Crippen LogP contribution < -0.4 is 10.1 Å². The summed E-state index contributed by atoms with van der Waals surface area (Å²) in [7, 11) is 3.38. The van der Waals surface area contributed by atoms with Gasteiger partial charge >= 0.3 is 6.03 Å². The van der Waals surface area contributed by atoms with Gasteiger partial charge in [0.1, 0.15) is 5.75 Å². The van der Waals surface area contributed by atoms with Crippen LogP contribution in [-0.4, -0.2) is 41.4 Å². The average Bonchev–Trinajstić information content (AvgIpc) is 3.16. The van der Waals surface area contributed by atoms with Gasteiger partial charge in [0.25, 0.3) is 0 Å². The molecule has 0 unspecified atom stereocenters. The number of ether oxygens (including phenoxy) is 1. The molecule has 1 fully saturated rings. The predicted molar refractivity (Wildman–Crippen MR) is 96.8 cm³/mol. The standard InChI is InChI=1S/C18H23ClN4O2/c1-22(11-14-10-15(19)4-5-16(14)25-2)17(24)20-12-18(6-7-18)13-23-9-3-8-21-23/h3-5,8-10H,6-7,11-13H2,1-2H3,(H,20,24). The summed E-state index contributed by atoms with van der Waals surface area (Å²) in [6.45, 7) is 1.93. The summed E-state index contributed by atoms with van der Waals surface area (Å²) in [6, 6.07) is 7.22. The molecule has 1 aromatic carbocycles. The van der Waals surface area contributed by atoms with E-state index in [-0.39, 0.29) is 11.4 Å². The number of nitrogens with one attached hydrogen (secondary N) is 1. The van der Waals surface area contributed by atoms with Crippen molar-refractivity contribution in [2.75, 3.05) is 20.7 Å². The van der Waals surface area contributed by atoms with Crippen molar-refractivity contribution in [3.05, 3.63) is 47.2 Å². The van der Waals surface area contributed by atoms with Crippen molar-refractivity contribution in [1.82, 2.24) is 20.0 Å². The van der Waals surface area contributed by atoms with Crippen molar-refractivity contribution in [3.63, 3.8) is 0 Å². The van der Waals surface area contributed by atoms with Gasteiger partial charge in [-0.25, -0.2) is 4.79 Å². The lowest BCUT2D eigenvalue weighted by Gasteiger charge is -2.22. The summed E-state index contributed by atoms with van der Waals surface area (Å²) in [5.74, 6) is 0.724. The molecule has 0 spiro atoms. The van der Waals surface area contributed by atoms with E-state index < -0.39 is 0 Å². The Morgan fingerprint density at radius 2 is 2.28 bits per heavy atom. The summed E-state index contributed by atoms with van der Waals surface area (Å²) in [5, 5.41) is 7.92. The molecule has 2 amide bonds. The van der Waals surface area contributed by atoms with Crippen LogP contribution in [0.2, 0.25) is 5.02 Å². The molecule has 0 bridgehead atoms. The van der Waals surface area contributed by atoms with Gasteiger partial charge in [-0.3, -0.25) is 4.68 Å². The second kappa shape index (κ2) is 7.35. The predicted octanol–water partition coefficient (Wildman–Crippen LogP) is 3.17. The van der Waals surface area contributed by atoms with Crippen molar-refractivity contribution in [3.8, 4) is 5.75 Å². The van der Waals surface area contributed by atoms with E-state index in [1.54, 1.807) is 31.3 Å². The van der Waals surface area contributed by atoms with Gasteiger partial charge in [0.15, 0.2) is 0 Å². The summed E-state index contributed by atoms with van der Waals surface area (Å²) < 4.78 is 7.27. The molecule has 3 rings (SSSR count). The highest BCUT2D eigenvalue weighted by Crippen LogP contribution is 2.46. The number of carbonyl (C=O) groups excluding carboxylic acids is 1. The van der Waals surface area contributed by atoms with Gasteiger partial charge in [-0.05, 0) is 37.1 Å². The van der Waals surface area contributed by atoms with Crippen LogP contribution in [0.15, 0.2) is 36.7 Å². The van der Waals surface area contributed by atoms with E-state index in [9.17, 15) is 4.79 Å². The Balaban J connectivity index is 1.54. The first-order chi connectivity index (χ1) is 12.0. The first kappa shape index (κ1) is 17.6. The number of benzene rings is 1. The van der Waals surface area contributed by atoms with Crippen molar-refractivity contribution in [2.45, 2.75) is 25.9 Å². The maximum Gasteiger partial charge on any atom is 0.317 e. The number of amides is 2. The van der Waals surface area contributed by atoms with Crippen LogP contribution in [0.4, 0.5) is 4.79 Å². The van der Waals surface area contributed by atoms with Gasteiger partial charge in [-0.15, -0.1) is 0 Å². The molecule has 0 radical (unpaired) electrons. The number of methoxy groups -OCH3 is 1. The number of hydrogen-bond donors (Lipinski definition) is 1. The fourth-order valence-corrected chi connectivity index (χ4v) is 3.10. The molecular weight excluding hydrogens is 340 g/mol. The molecule has 7 heteroatoms. The van der Waals surface area contributed by atoms with Crippen molar-refractivity contribution >= 4 is 17.6 Å². The first-order valence-corrected chi connectivity index (χ1v) is 8.68.